The molecule has 0 aliphatic heterocycles. The molecule has 0 radical (unpaired) electrons. The minimum atomic E-state index is -0.0766. The second-order valence-electron chi connectivity index (χ2n) is 12.2. The van der Waals surface area contributed by atoms with E-state index in [1.165, 1.54) is 57.8 Å². The second kappa shape index (κ2) is 7.75. The maximum Gasteiger partial charge on any atom is 0.0577 e. The summed E-state index contributed by atoms with van der Waals surface area (Å²) in [6.07, 6.45) is 17.2. The van der Waals surface area contributed by atoms with Crippen molar-refractivity contribution in [3.63, 3.8) is 0 Å². The van der Waals surface area contributed by atoms with Gasteiger partial charge in [0.2, 0.25) is 0 Å². The highest BCUT2D eigenvalue weighted by Crippen LogP contribution is 2.67. The summed E-state index contributed by atoms with van der Waals surface area (Å²) < 4.78 is 0. The fourth-order valence-electron chi connectivity index (χ4n) is 8.67. The van der Waals surface area contributed by atoms with Crippen LogP contribution in [-0.4, -0.2) is 11.2 Å². The zero-order chi connectivity index (χ0) is 20.1. The van der Waals surface area contributed by atoms with Crippen LogP contribution in [0.1, 0.15) is 105 Å². The highest BCUT2D eigenvalue weighted by molar-refractivity contribution is 5.25. The summed E-state index contributed by atoms with van der Waals surface area (Å²) in [6, 6.07) is 0. The van der Waals surface area contributed by atoms with Crippen molar-refractivity contribution in [2.45, 2.75) is 111 Å². The van der Waals surface area contributed by atoms with E-state index >= 15 is 0 Å². The Morgan fingerprint density at radius 2 is 1.79 bits per heavy atom. The quantitative estimate of drug-likeness (QED) is 0.382. The molecule has 0 aromatic rings. The normalized spacial score (nSPS) is 46.5. The molecule has 0 amide bonds. The number of hydrogen-bond donors (Lipinski definition) is 1. The average molecular weight is 392 g/mol. The van der Waals surface area contributed by atoms with Crippen LogP contribution in [0, 0.1) is 46.3 Å². The van der Waals surface area contributed by atoms with Crippen molar-refractivity contribution in [3.8, 4) is 0 Å². The number of hydrogen-bond acceptors (Lipinski definition) is 1. The minimum Gasteiger partial charge on any atom is -0.393 e. The molecule has 3 saturated carbocycles. The lowest BCUT2D eigenvalue weighted by Crippen LogP contribution is -2.50. The van der Waals surface area contributed by atoms with E-state index in [4.69, 9.17) is 0 Å². The molecule has 0 saturated heterocycles. The van der Waals surface area contributed by atoms with Crippen molar-refractivity contribution in [2.24, 2.45) is 46.3 Å². The van der Waals surface area contributed by atoms with Crippen LogP contribution in [-0.2, 0) is 0 Å². The van der Waals surface area contributed by atoms with Gasteiger partial charge in [0.1, 0.15) is 0 Å². The summed E-state index contributed by atoms with van der Waals surface area (Å²) >= 11 is 0. The molecule has 3 fully saturated rings. The Balaban J connectivity index is 1.49. The molecule has 160 valence electrons. The summed E-state index contributed by atoms with van der Waals surface area (Å²) in [6.45, 7) is 12.6. The van der Waals surface area contributed by atoms with Crippen molar-refractivity contribution in [1.82, 2.24) is 0 Å². The van der Waals surface area contributed by atoms with E-state index in [1.54, 1.807) is 5.57 Å². The van der Waals surface area contributed by atoms with Gasteiger partial charge in [0.25, 0.3) is 0 Å². The molecule has 0 heterocycles. The van der Waals surface area contributed by atoms with Gasteiger partial charge >= 0.3 is 0 Å². The molecule has 0 aromatic heterocycles. The zero-order valence-corrected chi connectivity index (χ0v) is 19.3. The Labute approximate surface area is 174 Å². The van der Waals surface area contributed by atoms with Crippen LogP contribution in [0.3, 0.4) is 0 Å². The third-order valence-electron chi connectivity index (χ3n) is 10.3. The maximum absolute atomic E-state index is 10.2. The molecule has 0 bridgehead atoms. The van der Waals surface area contributed by atoms with Gasteiger partial charge in [-0.1, -0.05) is 65.5 Å². The first-order valence-corrected chi connectivity index (χ1v) is 12.6. The zero-order valence-electron chi connectivity index (χ0n) is 19.3. The van der Waals surface area contributed by atoms with Crippen molar-refractivity contribution < 1.29 is 5.11 Å². The number of fused-ring (bicyclic) bond motifs is 5. The first kappa shape index (κ1) is 21.0. The van der Waals surface area contributed by atoms with Gasteiger partial charge in [0, 0.05) is 0 Å². The van der Waals surface area contributed by atoms with Crippen LogP contribution in [0.2, 0.25) is 0 Å². The van der Waals surface area contributed by atoms with Crippen LogP contribution in [0.4, 0.5) is 0 Å². The second-order valence-corrected chi connectivity index (χ2v) is 12.2. The highest BCUT2D eigenvalue weighted by Gasteiger charge is 2.59. The smallest absolute Gasteiger partial charge is 0.0577 e. The fraction of sp³-hybridized carbons (Fsp3) is 0.926. The standard InChI is InChI=1S/C27H46O/c1-18(2)7-6-8-19(3)23-11-12-24-22-10-9-20-17-21(28)13-15-26(20,4)25(22)14-16-27(23,24)5/h9,18-19,21-25,28H,6-8,10-17H2,1-5H3/t19?,21-,22-,23?,24?,25?,26-,27+/m0/s1/i1+1,2+1,6+1,7+1,18+1. The molecule has 4 aliphatic carbocycles. The van der Waals surface area contributed by atoms with Gasteiger partial charge in [0.15, 0.2) is 0 Å². The van der Waals surface area contributed by atoms with Crippen LogP contribution < -0.4 is 0 Å². The molecular formula is C27H46O. The minimum absolute atomic E-state index is 0.0766. The fourth-order valence-corrected chi connectivity index (χ4v) is 8.67. The SMILES string of the molecule is CC(C[13CH2][13CH2][13CH]([13CH3])[13CH3])C1CCC2[C@@H]3CC=C4C[C@@H](O)CC[C@]4(C)C3CC[C@]12C. The van der Waals surface area contributed by atoms with Gasteiger partial charge in [0.05, 0.1) is 6.10 Å². The number of rotatable bonds is 5. The number of aliphatic hydroxyl groups is 1. The lowest BCUT2D eigenvalue weighted by Gasteiger charge is -2.58. The predicted octanol–water partition coefficient (Wildman–Crippen LogP) is 7.39. The van der Waals surface area contributed by atoms with Crippen molar-refractivity contribution >= 4 is 0 Å². The van der Waals surface area contributed by atoms with Crippen LogP contribution in [0.25, 0.3) is 0 Å². The molecule has 4 unspecified atom stereocenters. The average Bonchev–Trinajstić information content (AvgIpc) is 2.99. The Bertz CT molecular complexity index is 591. The number of allylic oxidation sites excluding steroid dienone is 1. The molecule has 1 heteroatoms. The molecule has 4 rings (SSSR count). The lowest BCUT2D eigenvalue weighted by atomic mass is 9.47. The Morgan fingerprint density at radius 3 is 2.54 bits per heavy atom. The van der Waals surface area contributed by atoms with Gasteiger partial charge in [-0.3, -0.25) is 0 Å². The predicted molar refractivity (Wildman–Crippen MR) is 119 cm³/mol. The van der Waals surface area contributed by atoms with Crippen molar-refractivity contribution in [1.29, 1.82) is 0 Å². The lowest BCUT2D eigenvalue weighted by molar-refractivity contribution is -0.0573. The maximum atomic E-state index is 10.2. The molecule has 0 spiro atoms. The van der Waals surface area contributed by atoms with E-state index in [2.05, 4.69) is 40.7 Å². The topological polar surface area (TPSA) is 20.2 Å². The van der Waals surface area contributed by atoms with E-state index in [1.807, 2.05) is 0 Å². The Morgan fingerprint density at radius 1 is 1.00 bits per heavy atom. The van der Waals surface area contributed by atoms with Crippen LogP contribution in [0.15, 0.2) is 11.6 Å². The summed E-state index contributed by atoms with van der Waals surface area (Å²) in [5.41, 5.74) is 2.60. The van der Waals surface area contributed by atoms with Gasteiger partial charge < -0.3 is 5.11 Å². The first-order chi connectivity index (χ1) is 13.3. The first-order valence-electron chi connectivity index (χ1n) is 12.6. The molecule has 1 N–H and O–H groups in total. The third-order valence-corrected chi connectivity index (χ3v) is 10.3. The Kier molecular flexibility index (Phi) is 5.80. The van der Waals surface area contributed by atoms with Gasteiger partial charge in [-0.2, -0.15) is 0 Å². The van der Waals surface area contributed by atoms with Crippen LogP contribution in [0.5, 0.6) is 0 Å². The van der Waals surface area contributed by atoms with E-state index in [0.29, 0.717) is 10.8 Å². The monoisotopic (exact) mass is 391 g/mol. The molecule has 1 nitrogen and oxygen atoms in total. The summed E-state index contributed by atoms with van der Waals surface area (Å²) in [5, 5.41) is 10.2. The van der Waals surface area contributed by atoms with E-state index < -0.39 is 0 Å². The van der Waals surface area contributed by atoms with Crippen molar-refractivity contribution in [3.05, 3.63) is 11.6 Å². The molecular weight excluding hydrogens is 345 g/mol. The number of aliphatic hydroxyl groups excluding tert-OH is 1. The molecule has 8 atom stereocenters. The van der Waals surface area contributed by atoms with E-state index in [9.17, 15) is 5.11 Å². The van der Waals surface area contributed by atoms with E-state index in [-0.39, 0.29) is 6.10 Å². The summed E-state index contributed by atoms with van der Waals surface area (Å²) in [7, 11) is 0. The molecule has 4 aliphatic rings. The third kappa shape index (κ3) is 3.42. The van der Waals surface area contributed by atoms with Crippen LogP contribution >= 0.6 is 0 Å². The molecule has 0 aromatic carbocycles. The van der Waals surface area contributed by atoms with Gasteiger partial charge in [-0.25, -0.2) is 0 Å². The highest BCUT2D eigenvalue weighted by atomic mass is 16.3. The van der Waals surface area contributed by atoms with E-state index in [0.717, 1.165) is 48.3 Å². The van der Waals surface area contributed by atoms with Gasteiger partial charge in [-0.15, -0.1) is 0 Å². The largest absolute Gasteiger partial charge is 0.393 e. The Hall–Kier alpha value is -0.300. The van der Waals surface area contributed by atoms with Gasteiger partial charge in [-0.05, 0) is 97.7 Å². The summed E-state index contributed by atoms with van der Waals surface area (Å²) in [4.78, 5) is 0. The van der Waals surface area contributed by atoms with Crippen molar-refractivity contribution in [2.75, 3.05) is 0 Å². The molecule has 28 heavy (non-hydrogen) atoms. The summed E-state index contributed by atoms with van der Waals surface area (Å²) in [5.74, 6) is 5.46.